The Bertz CT molecular complexity index is 384. The summed E-state index contributed by atoms with van der Waals surface area (Å²) in [6.45, 7) is 2.29. The van der Waals surface area contributed by atoms with Crippen LogP contribution in [0.1, 0.15) is 39.0 Å². The number of methoxy groups -OCH3 is 1. The Labute approximate surface area is 103 Å². The second-order valence-electron chi connectivity index (χ2n) is 5.24. The largest absolute Gasteiger partial charge is 0.497 e. The smallest absolute Gasteiger partial charge is 0.122 e. The fraction of sp³-hybridized carbons (Fsp3) is 0.571. The number of hydrogen-bond donors (Lipinski definition) is 2. The third-order valence-electron chi connectivity index (χ3n) is 3.57. The maximum absolute atomic E-state index is 5.86. The van der Waals surface area contributed by atoms with E-state index >= 15 is 0 Å². The van der Waals surface area contributed by atoms with Crippen LogP contribution in [0.5, 0.6) is 5.75 Å². The van der Waals surface area contributed by atoms with Crippen LogP contribution in [0, 0.1) is 0 Å². The molecule has 0 amide bonds. The van der Waals surface area contributed by atoms with Crippen LogP contribution in [0.4, 0.5) is 11.4 Å². The molecule has 0 radical (unpaired) electrons. The van der Waals surface area contributed by atoms with E-state index < -0.39 is 0 Å². The first-order valence-electron chi connectivity index (χ1n) is 6.34. The lowest BCUT2D eigenvalue weighted by Crippen LogP contribution is -2.36. The third kappa shape index (κ3) is 3.05. The molecule has 0 saturated heterocycles. The topological polar surface area (TPSA) is 47.3 Å². The molecule has 0 heterocycles. The number of rotatable bonds is 3. The molecule has 3 nitrogen and oxygen atoms in total. The molecule has 0 atom stereocenters. The minimum atomic E-state index is 0.205. The number of nitrogens with one attached hydrogen (secondary N) is 1. The Balaban J connectivity index is 2.14. The molecule has 0 bridgehead atoms. The van der Waals surface area contributed by atoms with Gasteiger partial charge in [0, 0.05) is 29.0 Å². The molecule has 1 saturated carbocycles. The van der Waals surface area contributed by atoms with E-state index in [4.69, 9.17) is 10.5 Å². The molecular formula is C14H22N2O. The maximum Gasteiger partial charge on any atom is 0.122 e. The van der Waals surface area contributed by atoms with Crippen LogP contribution in [0.15, 0.2) is 18.2 Å². The second kappa shape index (κ2) is 4.86. The first-order chi connectivity index (χ1) is 8.11. The minimum absolute atomic E-state index is 0.205. The van der Waals surface area contributed by atoms with Crippen molar-refractivity contribution in [1.82, 2.24) is 0 Å². The van der Waals surface area contributed by atoms with Gasteiger partial charge in [0.15, 0.2) is 0 Å². The monoisotopic (exact) mass is 234 g/mol. The Hall–Kier alpha value is -1.38. The molecule has 94 valence electrons. The van der Waals surface area contributed by atoms with E-state index in [1.165, 1.54) is 32.1 Å². The van der Waals surface area contributed by atoms with E-state index in [0.717, 1.165) is 17.1 Å². The number of benzene rings is 1. The number of ether oxygens (including phenoxy) is 1. The van der Waals surface area contributed by atoms with Gasteiger partial charge in [-0.3, -0.25) is 0 Å². The molecular weight excluding hydrogens is 212 g/mol. The van der Waals surface area contributed by atoms with Gasteiger partial charge < -0.3 is 15.8 Å². The molecule has 3 heteroatoms. The average Bonchev–Trinajstić information content (AvgIpc) is 2.28. The molecule has 0 aliphatic heterocycles. The SMILES string of the molecule is COc1cc(N)cc(NC2(C)CCCCC2)c1. The molecule has 1 fully saturated rings. The van der Waals surface area contributed by atoms with Crippen LogP contribution in [0.2, 0.25) is 0 Å². The van der Waals surface area contributed by atoms with Crippen molar-refractivity contribution in [2.24, 2.45) is 0 Å². The molecule has 2 rings (SSSR count). The zero-order chi connectivity index (χ0) is 12.3. The highest BCUT2D eigenvalue weighted by Gasteiger charge is 2.26. The fourth-order valence-electron chi connectivity index (χ4n) is 2.62. The van der Waals surface area contributed by atoms with Gasteiger partial charge in [-0.2, -0.15) is 0 Å². The molecule has 1 aromatic rings. The van der Waals surface area contributed by atoms with Gasteiger partial charge >= 0.3 is 0 Å². The summed E-state index contributed by atoms with van der Waals surface area (Å²) in [5.41, 5.74) is 7.87. The van der Waals surface area contributed by atoms with E-state index in [9.17, 15) is 0 Å². The maximum atomic E-state index is 5.86. The predicted octanol–water partition coefficient (Wildman–Crippen LogP) is 3.41. The van der Waals surface area contributed by atoms with Gasteiger partial charge in [0.05, 0.1) is 7.11 Å². The van der Waals surface area contributed by atoms with Crippen molar-refractivity contribution in [2.75, 3.05) is 18.2 Å². The highest BCUT2D eigenvalue weighted by molar-refractivity contribution is 5.60. The fourth-order valence-corrected chi connectivity index (χ4v) is 2.62. The van der Waals surface area contributed by atoms with E-state index in [1.54, 1.807) is 7.11 Å². The van der Waals surface area contributed by atoms with Crippen molar-refractivity contribution in [2.45, 2.75) is 44.6 Å². The van der Waals surface area contributed by atoms with Crippen LogP contribution in [0.25, 0.3) is 0 Å². The lowest BCUT2D eigenvalue weighted by atomic mass is 9.83. The van der Waals surface area contributed by atoms with Gasteiger partial charge in [-0.1, -0.05) is 19.3 Å². The van der Waals surface area contributed by atoms with Gasteiger partial charge in [0.2, 0.25) is 0 Å². The van der Waals surface area contributed by atoms with E-state index in [0.29, 0.717) is 0 Å². The van der Waals surface area contributed by atoms with Crippen molar-refractivity contribution in [1.29, 1.82) is 0 Å². The quantitative estimate of drug-likeness (QED) is 0.788. The Morgan fingerprint density at radius 1 is 1.18 bits per heavy atom. The van der Waals surface area contributed by atoms with Crippen molar-refractivity contribution in [3.8, 4) is 5.75 Å². The van der Waals surface area contributed by atoms with Crippen LogP contribution in [0.3, 0.4) is 0 Å². The summed E-state index contributed by atoms with van der Waals surface area (Å²) in [7, 11) is 1.67. The van der Waals surface area contributed by atoms with Gasteiger partial charge in [0.1, 0.15) is 5.75 Å². The van der Waals surface area contributed by atoms with Crippen LogP contribution < -0.4 is 15.8 Å². The molecule has 1 aliphatic carbocycles. The number of anilines is 2. The van der Waals surface area contributed by atoms with E-state index in [1.807, 2.05) is 18.2 Å². The van der Waals surface area contributed by atoms with Crippen LogP contribution in [-0.4, -0.2) is 12.6 Å². The molecule has 0 unspecified atom stereocenters. The van der Waals surface area contributed by atoms with E-state index in [2.05, 4.69) is 12.2 Å². The average molecular weight is 234 g/mol. The Morgan fingerprint density at radius 2 is 1.88 bits per heavy atom. The first kappa shape index (κ1) is 12.1. The molecule has 0 spiro atoms. The summed E-state index contributed by atoms with van der Waals surface area (Å²) in [6.07, 6.45) is 6.43. The molecule has 17 heavy (non-hydrogen) atoms. The lowest BCUT2D eigenvalue weighted by molar-refractivity contribution is 0.349. The third-order valence-corrected chi connectivity index (χ3v) is 3.57. The summed E-state index contributed by atoms with van der Waals surface area (Å²) in [5.74, 6) is 0.812. The van der Waals surface area contributed by atoms with Crippen molar-refractivity contribution in [3.05, 3.63) is 18.2 Å². The minimum Gasteiger partial charge on any atom is -0.497 e. The Morgan fingerprint density at radius 3 is 2.53 bits per heavy atom. The molecule has 1 aliphatic rings. The summed E-state index contributed by atoms with van der Waals surface area (Å²) in [4.78, 5) is 0. The molecule has 3 N–H and O–H groups in total. The van der Waals surface area contributed by atoms with Gasteiger partial charge in [-0.05, 0) is 25.8 Å². The van der Waals surface area contributed by atoms with Gasteiger partial charge in [0.25, 0.3) is 0 Å². The standard InChI is InChI=1S/C14H22N2O/c1-14(6-4-3-5-7-14)16-12-8-11(15)9-13(10-12)17-2/h8-10,16H,3-7,15H2,1-2H3. The number of hydrogen-bond acceptors (Lipinski definition) is 3. The van der Waals surface area contributed by atoms with Gasteiger partial charge in [-0.25, -0.2) is 0 Å². The van der Waals surface area contributed by atoms with Crippen molar-refractivity contribution >= 4 is 11.4 Å². The van der Waals surface area contributed by atoms with Crippen molar-refractivity contribution in [3.63, 3.8) is 0 Å². The Kier molecular flexibility index (Phi) is 3.46. The summed E-state index contributed by atoms with van der Waals surface area (Å²) in [6, 6.07) is 5.83. The van der Waals surface area contributed by atoms with Gasteiger partial charge in [-0.15, -0.1) is 0 Å². The highest BCUT2D eigenvalue weighted by atomic mass is 16.5. The number of nitrogen functional groups attached to an aromatic ring is 1. The van der Waals surface area contributed by atoms with Crippen LogP contribution in [-0.2, 0) is 0 Å². The molecule has 0 aromatic heterocycles. The van der Waals surface area contributed by atoms with E-state index in [-0.39, 0.29) is 5.54 Å². The van der Waals surface area contributed by atoms with Crippen LogP contribution >= 0.6 is 0 Å². The summed E-state index contributed by atoms with van der Waals surface area (Å²) >= 11 is 0. The summed E-state index contributed by atoms with van der Waals surface area (Å²) in [5, 5.41) is 3.61. The normalized spacial score (nSPS) is 18.7. The zero-order valence-electron chi connectivity index (χ0n) is 10.8. The van der Waals surface area contributed by atoms with Crippen molar-refractivity contribution < 1.29 is 4.74 Å². The highest BCUT2D eigenvalue weighted by Crippen LogP contribution is 2.33. The molecule has 1 aromatic carbocycles. The number of nitrogens with two attached hydrogens (primary N) is 1. The predicted molar refractivity (Wildman–Crippen MR) is 72.5 cm³/mol. The lowest BCUT2D eigenvalue weighted by Gasteiger charge is -2.35. The second-order valence-corrected chi connectivity index (χ2v) is 5.24. The zero-order valence-corrected chi connectivity index (χ0v) is 10.8. The first-order valence-corrected chi connectivity index (χ1v) is 6.34. The summed E-state index contributed by atoms with van der Waals surface area (Å²) < 4.78 is 5.24.